The van der Waals surface area contributed by atoms with Crippen LogP contribution in [-0.4, -0.2) is 17.0 Å². The zero-order valence-corrected chi connectivity index (χ0v) is 11.9. The number of aromatic carboxylic acids is 1. The normalized spacial score (nSPS) is 10.2. The highest BCUT2D eigenvalue weighted by molar-refractivity contribution is 6.33. The Balaban J connectivity index is 2.28. The van der Waals surface area contributed by atoms with E-state index in [4.69, 9.17) is 22.4 Å². The second kappa shape index (κ2) is 5.85. The van der Waals surface area contributed by atoms with E-state index >= 15 is 0 Å². The molecule has 2 rings (SSSR count). The zero-order valence-electron chi connectivity index (χ0n) is 11.2. The molecule has 0 unspecified atom stereocenters. The zero-order chi connectivity index (χ0) is 15.6. The van der Waals surface area contributed by atoms with Crippen molar-refractivity contribution in [3.63, 3.8) is 0 Å². The Kier molecular flexibility index (Phi) is 4.14. The van der Waals surface area contributed by atoms with Gasteiger partial charge in [0.05, 0.1) is 16.3 Å². The van der Waals surface area contributed by atoms with Gasteiger partial charge in [-0.3, -0.25) is 4.79 Å². The SMILES string of the molecule is Cc1cc(Nc2ccc(C(=O)O)cc2Cl)ccc1C(N)=O. The van der Waals surface area contributed by atoms with Gasteiger partial charge in [-0.05, 0) is 48.9 Å². The summed E-state index contributed by atoms with van der Waals surface area (Å²) in [6.07, 6.45) is 0. The summed E-state index contributed by atoms with van der Waals surface area (Å²) in [4.78, 5) is 22.0. The van der Waals surface area contributed by atoms with E-state index in [9.17, 15) is 9.59 Å². The molecule has 0 saturated heterocycles. The number of benzene rings is 2. The summed E-state index contributed by atoms with van der Waals surface area (Å²) in [5.41, 5.74) is 7.86. The molecule has 0 spiro atoms. The van der Waals surface area contributed by atoms with Gasteiger partial charge in [0, 0.05) is 11.3 Å². The topological polar surface area (TPSA) is 92.4 Å². The fraction of sp³-hybridized carbons (Fsp3) is 0.0667. The van der Waals surface area contributed by atoms with Crippen molar-refractivity contribution in [3.8, 4) is 0 Å². The number of nitrogens with two attached hydrogens (primary N) is 1. The van der Waals surface area contributed by atoms with E-state index in [1.165, 1.54) is 12.1 Å². The molecule has 0 heterocycles. The van der Waals surface area contributed by atoms with Crippen LogP contribution in [0.4, 0.5) is 11.4 Å². The molecule has 0 aliphatic rings. The Labute approximate surface area is 126 Å². The number of carboxylic acids is 1. The van der Waals surface area contributed by atoms with E-state index in [0.29, 0.717) is 16.3 Å². The highest BCUT2D eigenvalue weighted by Crippen LogP contribution is 2.27. The first-order valence-corrected chi connectivity index (χ1v) is 6.46. The largest absolute Gasteiger partial charge is 0.478 e. The van der Waals surface area contributed by atoms with Crippen molar-refractivity contribution in [2.45, 2.75) is 6.92 Å². The van der Waals surface area contributed by atoms with Crippen LogP contribution in [0, 0.1) is 6.92 Å². The van der Waals surface area contributed by atoms with Crippen LogP contribution < -0.4 is 11.1 Å². The van der Waals surface area contributed by atoms with E-state index in [1.807, 2.05) is 0 Å². The standard InChI is InChI=1S/C15H13ClN2O3/c1-8-6-10(3-4-11(8)14(17)19)18-13-5-2-9(15(20)21)7-12(13)16/h2-7,18H,1H3,(H2,17,19)(H,20,21). The highest BCUT2D eigenvalue weighted by Gasteiger charge is 2.09. The maximum atomic E-state index is 11.2. The van der Waals surface area contributed by atoms with Gasteiger partial charge in [-0.2, -0.15) is 0 Å². The average Bonchev–Trinajstić information content (AvgIpc) is 2.40. The van der Waals surface area contributed by atoms with Gasteiger partial charge < -0.3 is 16.2 Å². The summed E-state index contributed by atoms with van der Waals surface area (Å²) in [5, 5.41) is 12.3. The number of nitrogens with one attached hydrogen (secondary N) is 1. The summed E-state index contributed by atoms with van der Waals surface area (Å²) >= 11 is 6.04. The number of rotatable bonds is 4. The Morgan fingerprint density at radius 1 is 1.19 bits per heavy atom. The molecule has 2 aromatic rings. The van der Waals surface area contributed by atoms with Crippen molar-refractivity contribution in [1.82, 2.24) is 0 Å². The fourth-order valence-electron chi connectivity index (χ4n) is 1.92. The highest BCUT2D eigenvalue weighted by atomic mass is 35.5. The monoisotopic (exact) mass is 304 g/mol. The van der Waals surface area contributed by atoms with Crippen LogP contribution in [0.2, 0.25) is 5.02 Å². The van der Waals surface area contributed by atoms with E-state index in [2.05, 4.69) is 5.32 Å². The fourth-order valence-corrected chi connectivity index (χ4v) is 2.15. The van der Waals surface area contributed by atoms with Crippen LogP contribution >= 0.6 is 11.6 Å². The second-order valence-electron chi connectivity index (χ2n) is 4.52. The number of hydrogen-bond acceptors (Lipinski definition) is 3. The van der Waals surface area contributed by atoms with E-state index < -0.39 is 11.9 Å². The van der Waals surface area contributed by atoms with Crippen LogP contribution in [0.1, 0.15) is 26.3 Å². The lowest BCUT2D eigenvalue weighted by atomic mass is 10.1. The number of primary amides is 1. The van der Waals surface area contributed by atoms with Gasteiger partial charge in [0.2, 0.25) is 5.91 Å². The van der Waals surface area contributed by atoms with Gasteiger partial charge >= 0.3 is 5.97 Å². The van der Waals surface area contributed by atoms with E-state index in [1.54, 1.807) is 31.2 Å². The third kappa shape index (κ3) is 3.32. The molecule has 5 nitrogen and oxygen atoms in total. The molecule has 4 N–H and O–H groups in total. The molecule has 0 bridgehead atoms. The van der Waals surface area contributed by atoms with Crippen molar-refractivity contribution in [1.29, 1.82) is 0 Å². The summed E-state index contributed by atoms with van der Waals surface area (Å²) in [6, 6.07) is 9.51. The van der Waals surface area contributed by atoms with Crippen molar-refractivity contribution in [2.24, 2.45) is 5.73 Å². The molecule has 0 aromatic heterocycles. The molecular formula is C15H13ClN2O3. The van der Waals surface area contributed by atoms with Crippen LogP contribution in [0.3, 0.4) is 0 Å². The van der Waals surface area contributed by atoms with Crippen molar-refractivity contribution < 1.29 is 14.7 Å². The van der Waals surface area contributed by atoms with Crippen molar-refractivity contribution in [2.75, 3.05) is 5.32 Å². The summed E-state index contributed by atoms with van der Waals surface area (Å²) < 4.78 is 0. The maximum absolute atomic E-state index is 11.2. The Hall–Kier alpha value is -2.53. The number of carboxylic acid groups (broad SMARTS) is 1. The molecule has 0 atom stereocenters. The molecule has 0 fully saturated rings. The molecule has 2 aromatic carbocycles. The minimum atomic E-state index is -1.04. The van der Waals surface area contributed by atoms with Gasteiger partial charge in [0.25, 0.3) is 0 Å². The number of carbonyl (C=O) groups excluding carboxylic acids is 1. The Morgan fingerprint density at radius 2 is 1.90 bits per heavy atom. The predicted octanol–water partition coefficient (Wildman–Crippen LogP) is 3.19. The minimum absolute atomic E-state index is 0.116. The molecule has 0 saturated carbocycles. The molecule has 0 aliphatic heterocycles. The van der Waals surface area contributed by atoms with Gasteiger partial charge in [-0.25, -0.2) is 4.79 Å². The van der Waals surface area contributed by atoms with Gasteiger partial charge in [-0.15, -0.1) is 0 Å². The van der Waals surface area contributed by atoms with Crippen molar-refractivity contribution >= 4 is 34.9 Å². The van der Waals surface area contributed by atoms with Crippen molar-refractivity contribution in [3.05, 3.63) is 58.1 Å². The lowest BCUT2D eigenvalue weighted by Crippen LogP contribution is -2.12. The third-order valence-corrected chi connectivity index (χ3v) is 3.30. The molecule has 21 heavy (non-hydrogen) atoms. The summed E-state index contributed by atoms with van der Waals surface area (Å²) in [5.74, 6) is -1.52. The molecule has 0 radical (unpaired) electrons. The van der Waals surface area contributed by atoms with Crippen LogP contribution in [0.15, 0.2) is 36.4 Å². The number of aryl methyl sites for hydroxylation is 1. The first kappa shape index (κ1) is 14.9. The van der Waals surface area contributed by atoms with Crippen LogP contribution in [-0.2, 0) is 0 Å². The molecule has 6 heteroatoms. The molecule has 0 aliphatic carbocycles. The number of hydrogen-bond donors (Lipinski definition) is 3. The third-order valence-electron chi connectivity index (χ3n) is 2.99. The Morgan fingerprint density at radius 3 is 2.43 bits per heavy atom. The lowest BCUT2D eigenvalue weighted by molar-refractivity contribution is 0.0696. The Bertz CT molecular complexity index is 729. The number of carbonyl (C=O) groups is 2. The predicted molar refractivity (Wildman–Crippen MR) is 81.4 cm³/mol. The van der Waals surface area contributed by atoms with Crippen LogP contribution in [0.5, 0.6) is 0 Å². The quantitative estimate of drug-likeness (QED) is 0.808. The molecule has 1 amide bonds. The lowest BCUT2D eigenvalue weighted by Gasteiger charge is -2.11. The van der Waals surface area contributed by atoms with Crippen LogP contribution in [0.25, 0.3) is 0 Å². The molecule has 108 valence electrons. The number of anilines is 2. The number of halogens is 1. The van der Waals surface area contributed by atoms with Gasteiger partial charge in [0.15, 0.2) is 0 Å². The first-order valence-electron chi connectivity index (χ1n) is 6.09. The minimum Gasteiger partial charge on any atom is -0.478 e. The first-order chi connectivity index (χ1) is 9.88. The van der Waals surface area contributed by atoms with Gasteiger partial charge in [-0.1, -0.05) is 11.6 Å². The second-order valence-corrected chi connectivity index (χ2v) is 4.93. The van der Waals surface area contributed by atoms with Gasteiger partial charge in [0.1, 0.15) is 0 Å². The summed E-state index contributed by atoms with van der Waals surface area (Å²) in [7, 11) is 0. The smallest absolute Gasteiger partial charge is 0.335 e. The van der Waals surface area contributed by atoms with E-state index in [-0.39, 0.29) is 5.56 Å². The molecular weight excluding hydrogens is 292 g/mol. The van der Waals surface area contributed by atoms with E-state index in [0.717, 1.165) is 11.3 Å². The summed E-state index contributed by atoms with van der Waals surface area (Å²) in [6.45, 7) is 1.78. The maximum Gasteiger partial charge on any atom is 0.335 e. The average molecular weight is 305 g/mol. The number of amides is 1.